The number of hydrogen-bond donors (Lipinski definition) is 3. The Morgan fingerprint density at radius 2 is 1.61 bits per heavy atom. The van der Waals surface area contributed by atoms with Crippen molar-refractivity contribution in [1.29, 1.82) is 0 Å². The van der Waals surface area contributed by atoms with Crippen molar-refractivity contribution >= 4 is 33.3 Å². The third kappa shape index (κ3) is 4.07. The van der Waals surface area contributed by atoms with E-state index in [1.54, 1.807) is 0 Å². The molecule has 0 atom stereocenters. The van der Waals surface area contributed by atoms with Crippen LogP contribution in [0, 0.1) is 0 Å². The summed E-state index contributed by atoms with van der Waals surface area (Å²) < 4.78 is 26.9. The summed E-state index contributed by atoms with van der Waals surface area (Å²) in [7, 11) is -3.94. The second-order valence-electron chi connectivity index (χ2n) is 4.66. The first-order valence-corrected chi connectivity index (χ1v) is 8.01. The highest BCUT2D eigenvalue weighted by Gasteiger charge is 2.18. The molecule has 0 unspecified atom stereocenters. The van der Waals surface area contributed by atoms with Gasteiger partial charge in [-0.2, -0.15) is 0 Å². The largest absolute Gasteiger partial charge is 0.478 e. The van der Waals surface area contributed by atoms with E-state index in [4.69, 9.17) is 5.11 Å². The number of hydrogen-bond acceptors (Lipinski definition) is 4. The molecular formula is C15H14N2O5S. The summed E-state index contributed by atoms with van der Waals surface area (Å²) in [6.07, 6.45) is 0. The van der Waals surface area contributed by atoms with Gasteiger partial charge in [-0.1, -0.05) is 12.1 Å². The van der Waals surface area contributed by atoms with Gasteiger partial charge in [0.2, 0.25) is 5.91 Å². The lowest BCUT2D eigenvalue weighted by Gasteiger charge is -2.11. The van der Waals surface area contributed by atoms with Crippen molar-refractivity contribution in [3.63, 3.8) is 0 Å². The number of carboxylic acids is 1. The van der Waals surface area contributed by atoms with Gasteiger partial charge < -0.3 is 10.4 Å². The Morgan fingerprint density at radius 1 is 1.00 bits per heavy atom. The molecule has 0 aliphatic rings. The van der Waals surface area contributed by atoms with E-state index in [2.05, 4.69) is 10.0 Å². The van der Waals surface area contributed by atoms with Gasteiger partial charge in [-0.25, -0.2) is 13.2 Å². The lowest BCUT2D eigenvalue weighted by atomic mass is 10.2. The fraction of sp³-hybridized carbons (Fsp3) is 0.0667. The average Bonchev–Trinajstić information content (AvgIpc) is 2.47. The predicted octanol–water partition coefficient (Wildman–Crippen LogP) is 2.14. The molecule has 8 heteroatoms. The molecule has 0 aliphatic carbocycles. The number of anilines is 2. The minimum absolute atomic E-state index is 0.0223. The first kappa shape index (κ1) is 16.5. The van der Waals surface area contributed by atoms with Gasteiger partial charge in [-0.3, -0.25) is 9.52 Å². The van der Waals surface area contributed by atoms with Crippen molar-refractivity contribution in [2.24, 2.45) is 0 Å². The van der Waals surface area contributed by atoms with Crippen LogP contribution in [0.4, 0.5) is 11.4 Å². The van der Waals surface area contributed by atoms with E-state index in [-0.39, 0.29) is 22.1 Å². The fourth-order valence-corrected chi connectivity index (χ4v) is 2.96. The monoisotopic (exact) mass is 334 g/mol. The van der Waals surface area contributed by atoms with Gasteiger partial charge in [0.25, 0.3) is 10.0 Å². The predicted molar refractivity (Wildman–Crippen MR) is 85.0 cm³/mol. The van der Waals surface area contributed by atoms with Crippen LogP contribution >= 0.6 is 0 Å². The molecule has 0 spiro atoms. The van der Waals surface area contributed by atoms with E-state index in [1.165, 1.54) is 55.5 Å². The molecule has 1 amide bonds. The molecule has 0 fully saturated rings. The van der Waals surface area contributed by atoms with Crippen molar-refractivity contribution in [3.8, 4) is 0 Å². The summed E-state index contributed by atoms with van der Waals surface area (Å²) in [4.78, 5) is 22.0. The highest BCUT2D eigenvalue weighted by Crippen LogP contribution is 2.21. The summed E-state index contributed by atoms with van der Waals surface area (Å²) in [5.41, 5.74) is 0.291. The lowest BCUT2D eigenvalue weighted by Crippen LogP contribution is -2.15. The number of para-hydroxylation sites is 1. The minimum atomic E-state index is -3.94. The molecular weight excluding hydrogens is 320 g/mol. The Kier molecular flexibility index (Phi) is 4.65. The van der Waals surface area contributed by atoms with E-state index >= 15 is 0 Å². The summed E-state index contributed by atoms with van der Waals surface area (Å²) in [6.45, 7) is 1.34. The molecule has 0 saturated heterocycles. The lowest BCUT2D eigenvalue weighted by molar-refractivity contribution is -0.114. The third-order valence-corrected chi connectivity index (χ3v) is 4.27. The maximum atomic E-state index is 12.3. The molecule has 0 aliphatic heterocycles. The van der Waals surface area contributed by atoms with Crippen molar-refractivity contribution in [3.05, 3.63) is 54.1 Å². The molecule has 2 rings (SSSR count). The standard InChI is InChI=1S/C15H14N2O5S/c1-10(18)16-11-6-8-12(9-7-11)23(21,22)17-14-5-3-2-4-13(14)15(19)20/h2-9,17H,1H3,(H,16,18)(H,19,20). The second kappa shape index (κ2) is 6.49. The molecule has 3 N–H and O–H groups in total. The van der Waals surface area contributed by atoms with Crippen LogP contribution < -0.4 is 10.0 Å². The van der Waals surface area contributed by atoms with Crippen LogP contribution in [0.1, 0.15) is 17.3 Å². The molecule has 2 aromatic carbocycles. The Hall–Kier alpha value is -2.87. The van der Waals surface area contributed by atoms with E-state index in [0.29, 0.717) is 5.69 Å². The maximum Gasteiger partial charge on any atom is 0.337 e. The van der Waals surface area contributed by atoms with E-state index in [9.17, 15) is 18.0 Å². The number of aromatic carboxylic acids is 1. The summed E-state index contributed by atoms with van der Waals surface area (Å²) in [5, 5.41) is 11.6. The van der Waals surface area contributed by atoms with Crippen molar-refractivity contribution in [2.45, 2.75) is 11.8 Å². The highest BCUT2D eigenvalue weighted by atomic mass is 32.2. The molecule has 0 radical (unpaired) electrons. The van der Waals surface area contributed by atoms with E-state index in [0.717, 1.165) is 0 Å². The van der Waals surface area contributed by atoms with Crippen molar-refractivity contribution in [1.82, 2.24) is 0 Å². The number of nitrogens with one attached hydrogen (secondary N) is 2. The minimum Gasteiger partial charge on any atom is -0.478 e. The molecule has 0 saturated carbocycles. The van der Waals surface area contributed by atoms with Gasteiger partial charge >= 0.3 is 5.97 Å². The Bertz CT molecular complexity index is 844. The van der Waals surface area contributed by atoms with E-state index in [1.807, 2.05) is 0 Å². The first-order chi connectivity index (χ1) is 10.8. The zero-order valence-electron chi connectivity index (χ0n) is 12.1. The third-order valence-electron chi connectivity index (χ3n) is 2.89. The first-order valence-electron chi connectivity index (χ1n) is 6.52. The second-order valence-corrected chi connectivity index (χ2v) is 6.34. The number of amides is 1. The van der Waals surface area contributed by atoms with Crippen LogP contribution in [0.2, 0.25) is 0 Å². The maximum absolute atomic E-state index is 12.3. The normalized spacial score (nSPS) is 10.8. The number of sulfonamides is 1. The summed E-state index contributed by atoms with van der Waals surface area (Å²) in [6, 6.07) is 11.2. The van der Waals surface area contributed by atoms with Gasteiger partial charge in [-0.05, 0) is 36.4 Å². The zero-order chi connectivity index (χ0) is 17.0. The van der Waals surface area contributed by atoms with Gasteiger partial charge in [-0.15, -0.1) is 0 Å². The smallest absolute Gasteiger partial charge is 0.337 e. The van der Waals surface area contributed by atoms with Gasteiger partial charge in [0.1, 0.15) is 0 Å². The molecule has 120 valence electrons. The molecule has 0 heterocycles. The molecule has 2 aromatic rings. The van der Waals surface area contributed by atoms with Crippen LogP contribution in [-0.2, 0) is 14.8 Å². The van der Waals surface area contributed by atoms with Gasteiger partial charge in [0, 0.05) is 12.6 Å². The topological polar surface area (TPSA) is 113 Å². The van der Waals surface area contributed by atoms with Crippen LogP contribution in [0.3, 0.4) is 0 Å². The number of carbonyl (C=O) groups excluding carboxylic acids is 1. The Labute approximate surface area is 133 Å². The Balaban J connectivity index is 2.29. The number of benzene rings is 2. The number of carboxylic acid groups (broad SMARTS) is 1. The number of rotatable bonds is 5. The van der Waals surface area contributed by atoms with Crippen LogP contribution in [-0.4, -0.2) is 25.4 Å². The zero-order valence-corrected chi connectivity index (χ0v) is 12.9. The van der Waals surface area contributed by atoms with Gasteiger partial charge in [0.05, 0.1) is 16.1 Å². The molecule has 0 aromatic heterocycles. The van der Waals surface area contributed by atoms with Gasteiger partial charge in [0.15, 0.2) is 0 Å². The van der Waals surface area contributed by atoms with Crippen LogP contribution in [0.25, 0.3) is 0 Å². The molecule has 23 heavy (non-hydrogen) atoms. The van der Waals surface area contributed by atoms with Crippen LogP contribution in [0.5, 0.6) is 0 Å². The average molecular weight is 334 g/mol. The highest BCUT2D eigenvalue weighted by molar-refractivity contribution is 7.92. The number of carbonyl (C=O) groups is 2. The quantitative estimate of drug-likeness (QED) is 0.775. The van der Waals surface area contributed by atoms with Crippen molar-refractivity contribution < 1.29 is 23.1 Å². The summed E-state index contributed by atoms with van der Waals surface area (Å²) in [5.74, 6) is -1.50. The Morgan fingerprint density at radius 3 is 2.17 bits per heavy atom. The van der Waals surface area contributed by atoms with E-state index < -0.39 is 16.0 Å². The SMILES string of the molecule is CC(=O)Nc1ccc(S(=O)(=O)Nc2ccccc2C(=O)O)cc1. The summed E-state index contributed by atoms with van der Waals surface area (Å²) >= 11 is 0. The molecule has 7 nitrogen and oxygen atoms in total. The molecule has 0 bridgehead atoms. The van der Waals surface area contributed by atoms with Crippen LogP contribution in [0.15, 0.2) is 53.4 Å². The van der Waals surface area contributed by atoms with Crippen molar-refractivity contribution in [2.75, 3.05) is 10.0 Å². The fourth-order valence-electron chi connectivity index (χ4n) is 1.88.